The van der Waals surface area contributed by atoms with Crippen LogP contribution in [-0.4, -0.2) is 6.54 Å². The molecular formula is C13H19NS. The Morgan fingerprint density at radius 3 is 3.20 bits per heavy atom. The first-order valence-corrected chi connectivity index (χ1v) is 6.90. The Hall–Kier alpha value is -0.340. The summed E-state index contributed by atoms with van der Waals surface area (Å²) in [6, 6.07) is 2.40. The van der Waals surface area contributed by atoms with Gasteiger partial charge < -0.3 is 5.73 Å². The van der Waals surface area contributed by atoms with Gasteiger partial charge in [0.2, 0.25) is 0 Å². The first-order chi connectivity index (χ1) is 7.29. The van der Waals surface area contributed by atoms with Crippen LogP contribution in [0.15, 0.2) is 6.07 Å². The zero-order valence-corrected chi connectivity index (χ0v) is 10.1. The van der Waals surface area contributed by atoms with Gasteiger partial charge >= 0.3 is 0 Å². The minimum atomic E-state index is 0.676. The van der Waals surface area contributed by atoms with Crippen molar-refractivity contribution < 1.29 is 0 Å². The molecule has 1 nitrogen and oxygen atoms in total. The van der Waals surface area contributed by atoms with E-state index in [4.69, 9.17) is 5.73 Å². The van der Waals surface area contributed by atoms with Gasteiger partial charge in [-0.05, 0) is 62.6 Å². The number of fused-ring (bicyclic) bond motifs is 2. The van der Waals surface area contributed by atoms with Crippen LogP contribution in [0.25, 0.3) is 0 Å². The minimum absolute atomic E-state index is 0.676. The van der Waals surface area contributed by atoms with E-state index in [1.807, 2.05) is 11.3 Å². The smallest absolute Gasteiger partial charge is 0.00834 e. The van der Waals surface area contributed by atoms with Crippen LogP contribution in [-0.2, 0) is 6.42 Å². The van der Waals surface area contributed by atoms with E-state index in [1.165, 1.54) is 30.6 Å². The van der Waals surface area contributed by atoms with E-state index < -0.39 is 0 Å². The van der Waals surface area contributed by atoms with Crippen LogP contribution in [0.1, 0.15) is 40.5 Å². The summed E-state index contributed by atoms with van der Waals surface area (Å²) in [5.41, 5.74) is 7.57. The lowest BCUT2D eigenvalue weighted by Crippen LogP contribution is -2.17. The van der Waals surface area contributed by atoms with Crippen LogP contribution in [0.3, 0.4) is 0 Å². The molecule has 0 amide bonds. The molecule has 0 aliphatic heterocycles. The third-order valence-electron chi connectivity index (χ3n) is 4.09. The third kappa shape index (κ3) is 1.64. The van der Waals surface area contributed by atoms with E-state index >= 15 is 0 Å². The van der Waals surface area contributed by atoms with Gasteiger partial charge in [-0.1, -0.05) is 0 Å². The van der Waals surface area contributed by atoms with E-state index in [2.05, 4.69) is 13.0 Å². The second-order valence-corrected chi connectivity index (χ2v) is 6.47. The van der Waals surface area contributed by atoms with Crippen molar-refractivity contribution in [2.75, 3.05) is 6.54 Å². The highest BCUT2D eigenvalue weighted by molar-refractivity contribution is 7.12. The molecule has 15 heavy (non-hydrogen) atoms. The molecule has 0 saturated heterocycles. The van der Waals surface area contributed by atoms with Gasteiger partial charge in [-0.15, -0.1) is 11.3 Å². The maximum Gasteiger partial charge on any atom is 0.00834 e. The summed E-state index contributed by atoms with van der Waals surface area (Å²) in [7, 11) is 0. The van der Waals surface area contributed by atoms with E-state index in [9.17, 15) is 0 Å². The first-order valence-electron chi connectivity index (χ1n) is 6.09. The van der Waals surface area contributed by atoms with Crippen molar-refractivity contribution in [3.05, 3.63) is 21.4 Å². The van der Waals surface area contributed by atoms with Crippen molar-refractivity contribution in [1.82, 2.24) is 0 Å². The molecule has 1 saturated carbocycles. The van der Waals surface area contributed by atoms with Crippen molar-refractivity contribution in [3.63, 3.8) is 0 Å². The Bertz CT molecular complexity index is 369. The van der Waals surface area contributed by atoms with Gasteiger partial charge in [0, 0.05) is 15.7 Å². The molecule has 3 atom stereocenters. The zero-order chi connectivity index (χ0) is 10.4. The molecule has 1 aromatic rings. The average molecular weight is 221 g/mol. The fraction of sp³-hybridized carbons (Fsp3) is 0.692. The largest absolute Gasteiger partial charge is 0.330 e. The third-order valence-corrected chi connectivity index (χ3v) is 5.22. The topological polar surface area (TPSA) is 26.0 Å². The lowest BCUT2D eigenvalue weighted by molar-refractivity contribution is 0.516. The van der Waals surface area contributed by atoms with Gasteiger partial charge in [0.1, 0.15) is 0 Å². The summed E-state index contributed by atoms with van der Waals surface area (Å²) in [5.74, 6) is 2.60. The zero-order valence-electron chi connectivity index (χ0n) is 9.33. The van der Waals surface area contributed by atoms with E-state index in [-0.39, 0.29) is 0 Å². The fourth-order valence-electron chi connectivity index (χ4n) is 3.24. The average Bonchev–Trinajstić information content (AvgIpc) is 2.83. The molecule has 2 N–H and O–H groups in total. The van der Waals surface area contributed by atoms with Crippen molar-refractivity contribution >= 4 is 11.3 Å². The lowest BCUT2D eigenvalue weighted by Gasteiger charge is -2.18. The summed E-state index contributed by atoms with van der Waals surface area (Å²) < 4.78 is 0. The molecule has 0 spiro atoms. The van der Waals surface area contributed by atoms with Crippen LogP contribution in [0.2, 0.25) is 0 Å². The summed E-state index contributed by atoms with van der Waals surface area (Å²) in [5, 5.41) is 0. The summed E-state index contributed by atoms with van der Waals surface area (Å²) >= 11 is 2.00. The van der Waals surface area contributed by atoms with Crippen LogP contribution < -0.4 is 5.73 Å². The van der Waals surface area contributed by atoms with Gasteiger partial charge in [-0.3, -0.25) is 0 Å². The standard InChI is InChI=1S/C13H19NS/c1-8-5-11-12(7-14)10-6-9(10)3-2-4-13(11)15-8/h5,9-10,12H,2-4,6-7,14H2,1H3. The van der Waals surface area contributed by atoms with Crippen molar-refractivity contribution in [2.24, 2.45) is 17.6 Å². The van der Waals surface area contributed by atoms with E-state index in [1.54, 1.807) is 10.4 Å². The van der Waals surface area contributed by atoms with Crippen LogP contribution in [0.5, 0.6) is 0 Å². The quantitative estimate of drug-likeness (QED) is 0.775. The number of hydrogen-bond acceptors (Lipinski definition) is 2. The minimum Gasteiger partial charge on any atom is -0.330 e. The highest BCUT2D eigenvalue weighted by atomic mass is 32.1. The van der Waals surface area contributed by atoms with E-state index in [0.29, 0.717) is 5.92 Å². The van der Waals surface area contributed by atoms with Crippen molar-refractivity contribution in [2.45, 2.75) is 38.5 Å². The van der Waals surface area contributed by atoms with Gasteiger partial charge in [0.15, 0.2) is 0 Å². The van der Waals surface area contributed by atoms with Gasteiger partial charge in [0.05, 0.1) is 0 Å². The molecule has 1 heterocycles. The predicted molar refractivity (Wildman–Crippen MR) is 65.4 cm³/mol. The van der Waals surface area contributed by atoms with Gasteiger partial charge in [-0.25, -0.2) is 0 Å². The molecule has 0 aromatic carbocycles. The normalized spacial score (nSPS) is 33.9. The summed E-state index contributed by atoms with van der Waals surface area (Å²) in [4.78, 5) is 3.10. The molecule has 2 aliphatic rings. The number of thiophene rings is 1. The fourth-order valence-corrected chi connectivity index (χ4v) is 4.39. The summed E-state index contributed by atoms with van der Waals surface area (Å²) in [6.07, 6.45) is 5.58. The Morgan fingerprint density at radius 1 is 1.53 bits per heavy atom. The maximum atomic E-state index is 5.97. The van der Waals surface area contributed by atoms with Crippen LogP contribution >= 0.6 is 11.3 Å². The van der Waals surface area contributed by atoms with E-state index in [0.717, 1.165) is 18.4 Å². The number of nitrogens with two attached hydrogens (primary N) is 1. The predicted octanol–water partition coefficient (Wildman–Crippen LogP) is 3.07. The van der Waals surface area contributed by atoms with Crippen LogP contribution in [0, 0.1) is 18.8 Å². The Balaban J connectivity index is 1.99. The Labute approximate surface area is 95.7 Å². The molecule has 2 heteroatoms. The van der Waals surface area contributed by atoms with Gasteiger partial charge in [0.25, 0.3) is 0 Å². The molecule has 3 unspecified atom stereocenters. The first kappa shape index (κ1) is 9.86. The number of rotatable bonds is 1. The lowest BCUT2D eigenvalue weighted by atomic mass is 9.89. The highest BCUT2D eigenvalue weighted by Crippen LogP contribution is 2.53. The molecule has 1 fully saturated rings. The molecule has 0 radical (unpaired) electrons. The van der Waals surface area contributed by atoms with Crippen molar-refractivity contribution in [3.8, 4) is 0 Å². The second kappa shape index (κ2) is 3.60. The molecule has 2 aliphatic carbocycles. The second-order valence-electron chi connectivity index (χ2n) is 5.13. The number of hydrogen-bond donors (Lipinski definition) is 1. The summed E-state index contributed by atoms with van der Waals surface area (Å²) in [6.45, 7) is 3.08. The van der Waals surface area contributed by atoms with Crippen molar-refractivity contribution in [1.29, 1.82) is 0 Å². The SMILES string of the molecule is Cc1cc2c(s1)CCCC1CC1C2CN. The number of aryl methyl sites for hydroxylation is 2. The van der Waals surface area contributed by atoms with Crippen LogP contribution in [0.4, 0.5) is 0 Å². The van der Waals surface area contributed by atoms with Gasteiger partial charge in [-0.2, -0.15) is 0 Å². The molecule has 1 aromatic heterocycles. The Kier molecular flexibility index (Phi) is 2.37. The Morgan fingerprint density at radius 2 is 2.40 bits per heavy atom. The molecular weight excluding hydrogens is 202 g/mol. The highest BCUT2D eigenvalue weighted by Gasteiger charge is 2.44. The molecule has 3 rings (SSSR count). The maximum absolute atomic E-state index is 5.97. The molecule has 82 valence electrons. The molecule has 0 bridgehead atoms. The monoisotopic (exact) mass is 221 g/mol.